The molecule has 0 heterocycles. The van der Waals surface area contributed by atoms with Crippen molar-refractivity contribution in [2.24, 2.45) is 5.92 Å². The molecule has 0 fully saturated rings. The molecule has 0 aliphatic rings. The second-order valence-corrected chi connectivity index (χ2v) is 2.62. The summed E-state index contributed by atoms with van der Waals surface area (Å²) in [5.74, 6) is -0.133. The summed E-state index contributed by atoms with van der Waals surface area (Å²) in [6, 6.07) is 0. The van der Waals surface area contributed by atoms with Gasteiger partial charge >= 0.3 is 0 Å². The van der Waals surface area contributed by atoms with E-state index in [1.54, 1.807) is 0 Å². The average Bonchev–Trinajstić information content (AvgIpc) is 1.99. The first-order valence-corrected chi connectivity index (χ1v) is 3.99. The molecule has 0 rings (SSSR count). The van der Waals surface area contributed by atoms with Crippen LogP contribution in [0.1, 0.15) is 19.8 Å². The monoisotopic (exact) mass is 164 g/mol. The van der Waals surface area contributed by atoms with Gasteiger partial charge in [0.05, 0.1) is 6.10 Å². The summed E-state index contributed by atoms with van der Waals surface area (Å²) < 4.78 is 0. The van der Waals surface area contributed by atoms with Gasteiger partial charge in [-0.3, -0.25) is 0 Å². The zero-order valence-electron chi connectivity index (χ0n) is 6.09. The fraction of sp³-hybridized carbons (Fsp3) is 0.857. The third-order valence-electron chi connectivity index (χ3n) is 1.45. The molecule has 2 atom stereocenters. The van der Waals surface area contributed by atoms with Crippen molar-refractivity contribution in [1.82, 2.24) is 0 Å². The zero-order chi connectivity index (χ0) is 7.98. The van der Waals surface area contributed by atoms with Crippen molar-refractivity contribution >= 4 is 17.9 Å². The van der Waals surface area contributed by atoms with Crippen LogP contribution in [0.15, 0.2) is 0 Å². The summed E-state index contributed by atoms with van der Waals surface area (Å²) in [6.45, 7) is 1.97. The van der Waals surface area contributed by atoms with Gasteiger partial charge in [0, 0.05) is 11.8 Å². The minimum absolute atomic E-state index is 0.142. The first kappa shape index (κ1) is 9.92. The van der Waals surface area contributed by atoms with Crippen LogP contribution in [0.3, 0.4) is 0 Å². The minimum Gasteiger partial charge on any atom is -0.391 e. The number of alkyl halides is 1. The fourth-order valence-electron chi connectivity index (χ4n) is 0.799. The highest BCUT2D eigenvalue weighted by Crippen LogP contribution is 2.09. The number of aldehydes is 1. The standard InChI is InChI=1S/C7H13ClO2/c1-2-3-6(5-9)7(10)4-8/h5-7,10H,2-4H2,1H3. The number of rotatable bonds is 5. The first-order chi connectivity index (χ1) is 4.76. The van der Waals surface area contributed by atoms with Crippen molar-refractivity contribution in [3.8, 4) is 0 Å². The summed E-state index contributed by atoms with van der Waals surface area (Å²) in [7, 11) is 0. The van der Waals surface area contributed by atoms with Gasteiger partial charge in [-0.25, -0.2) is 0 Å². The number of aliphatic hydroxyl groups excluding tert-OH is 1. The van der Waals surface area contributed by atoms with Crippen molar-refractivity contribution < 1.29 is 9.90 Å². The smallest absolute Gasteiger partial charge is 0.125 e. The first-order valence-electron chi connectivity index (χ1n) is 3.45. The molecule has 0 radical (unpaired) electrons. The lowest BCUT2D eigenvalue weighted by atomic mass is 10.0. The molecule has 0 bridgehead atoms. The predicted octanol–water partition coefficient (Wildman–Crippen LogP) is 1.20. The van der Waals surface area contributed by atoms with Gasteiger partial charge in [-0.1, -0.05) is 13.3 Å². The molecule has 0 spiro atoms. The molecular formula is C7H13ClO2. The van der Waals surface area contributed by atoms with Crippen LogP contribution in [-0.4, -0.2) is 23.4 Å². The molecular weight excluding hydrogens is 152 g/mol. The molecule has 0 aromatic carbocycles. The van der Waals surface area contributed by atoms with Gasteiger partial charge < -0.3 is 9.90 Å². The number of hydrogen-bond acceptors (Lipinski definition) is 2. The molecule has 0 aliphatic heterocycles. The highest BCUT2D eigenvalue weighted by Gasteiger charge is 2.15. The lowest BCUT2D eigenvalue weighted by Crippen LogP contribution is -2.22. The van der Waals surface area contributed by atoms with E-state index in [0.717, 1.165) is 19.1 Å². The van der Waals surface area contributed by atoms with Gasteiger partial charge in [0.2, 0.25) is 0 Å². The third-order valence-corrected chi connectivity index (χ3v) is 1.77. The largest absolute Gasteiger partial charge is 0.391 e. The topological polar surface area (TPSA) is 37.3 Å². The Morgan fingerprint density at radius 3 is 2.60 bits per heavy atom. The second-order valence-electron chi connectivity index (χ2n) is 2.31. The van der Waals surface area contributed by atoms with E-state index in [4.69, 9.17) is 16.7 Å². The number of carbonyl (C=O) groups excluding carboxylic acids is 1. The Balaban J connectivity index is 3.67. The molecule has 2 unspecified atom stereocenters. The molecule has 2 nitrogen and oxygen atoms in total. The summed E-state index contributed by atoms with van der Waals surface area (Å²) >= 11 is 5.35. The Hall–Kier alpha value is -0.0800. The maximum atomic E-state index is 10.3. The molecule has 3 heteroatoms. The number of aliphatic hydroxyl groups is 1. The van der Waals surface area contributed by atoms with Gasteiger partial charge in [-0.2, -0.15) is 0 Å². The molecule has 0 amide bonds. The van der Waals surface area contributed by atoms with Crippen molar-refractivity contribution in [3.05, 3.63) is 0 Å². The molecule has 60 valence electrons. The van der Waals surface area contributed by atoms with Crippen molar-refractivity contribution in [3.63, 3.8) is 0 Å². The lowest BCUT2D eigenvalue weighted by molar-refractivity contribution is -0.114. The van der Waals surface area contributed by atoms with E-state index < -0.39 is 6.10 Å². The molecule has 0 saturated heterocycles. The highest BCUT2D eigenvalue weighted by molar-refractivity contribution is 6.18. The van der Waals surface area contributed by atoms with E-state index in [1.165, 1.54) is 0 Å². The molecule has 1 N–H and O–H groups in total. The Labute approximate surface area is 66.2 Å². The average molecular weight is 165 g/mol. The van der Waals surface area contributed by atoms with Crippen LogP contribution in [0, 0.1) is 5.92 Å². The van der Waals surface area contributed by atoms with Crippen molar-refractivity contribution in [2.45, 2.75) is 25.9 Å². The van der Waals surface area contributed by atoms with E-state index >= 15 is 0 Å². The van der Waals surface area contributed by atoms with Crippen LogP contribution in [-0.2, 0) is 4.79 Å². The van der Waals surface area contributed by atoms with Crippen LogP contribution < -0.4 is 0 Å². The molecule has 0 aliphatic carbocycles. The third kappa shape index (κ3) is 3.18. The van der Waals surface area contributed by atoms with E-state index in [9.17, 15) is 4.79 Å². The van der Waals surface area contributed by atoms with E-state index in [1.807, 2.05) is 6.92 Å². The summed E-state index contributed by atoms with van der Waals surface area (Å²) in [5.41, 5.74) is 0. The van der Waals surface area contributed by atoms with Gasteiger partial charge in [0.25, 0.3) is 0 Å². The van der Waals surface area contributed by atoms with Crippen LogP contribution in [0.25, 0.3) is 0 Å². The molecule has 0 saturated carbocycles. The van der Waals surface area contributed by atoms with Crippen LogP contribution >= 0.6 is 11.6 Å². The maximum Gasteiger partial charge on any atom is 0.125 e. The fourth-order valence-corrected chi connectivity index (χ4v) is 1.03. The minimum atomic E-state index is -0.667. The van der Waals surface area contributed by atoms with Gasteiger partial charge in [-0.05, 0) is 6.42 Å². The number of halogens is 1. The zero-order valence-corrected chi connectivity index (χ0v) is 6.84. The van der Waals surface area contributed by atoms with Gasteiger partial charge in [0.15, 0.2) is 0 Å². The summed E-state index contributed by atoms with van der Waals surface area (Å²) in [6.07, 6.45) is 1.73. The van der Waals surface area contributed by atoms with Crippen LogP contribution in [0.5, 0.6) is 0 Å². The number of carbonyl (C=O) groups is 1. The summed E-state index contributed by atoms with van der Waals surface area (Å²) in [5, 5.41) is 9.09. The SMILES string of the molecule is CCCC(C=O)C(O)CCl. The molecule has 0 aromatic heterocycles. The normalized spacial score (nSPS) is 16.3. The molecule has 0 aromatic rings. The van der Waals surface area contributed by atoms with E-state index in [2.05, 4.69) is 0 Å². The Morgan fingerprint density at radius 2 is 2.30 bits per heavy atom. The Morgan fingerprint density at radius 1 is 1.70 bits per heavy atom. The lowest BCUT2D eigenvalue weighted by Gasteiger charge is -2.12. The maximum absolute atomic E-state index is 10.3. The van der Waals surface area contributed by atoms with Crippen LogP contribution in [0.2, 0.25) is 0 Å². The van der Waals surface area contributed by atoms with Crippen molar-refractivity contribution in [2.75, 3.05) is 5.88 Å². The van der Waals surface area contributed by atoms with E-state index in [0.29, 0.717) is 0 Å². The van der Waals surface area contributed by atoms with Gasteiger partial charge in [-0.15, -0.1) is 11.6 Å². The highest BCUT2D eigenvalue weighted by atomic mass is 35.5. The Kier molecular flexibility index (Phi) is 5.64. The summed E-state index contributed by atoms with van der Waals surface area (Å²) in [4.78, 5) is 10.3. The van der Waals surface area contributed by atoms with Crippen molar-refractivity contribution in [1.29, 1.82) is 0 Å². The van der Waals surface area contributed by atoms with Gasteiger partial charge in [0.1, 0.15) is 6.29 Å². The predicted molar refractivity (Wildman–Crippen MR) is 41.2 cm³/mol. The second kappa shape index (κ2) is 5.69. The quantitative estimate of drug-likeness (QED) is 0.490. The Bertz CT molecular complexity index is 95.6. The number of hydrogen-bond donors (Lipinski definition) is 1. The van der Waals surface area contributed by atoms with E-state index in [-0.39, 0.29) is 11.8 Å². The molecule has 10 heavy (non-hydrogen) atoms. The van der Waals surface area contributed by atoms with Crippen LogP contribution in [0.4, 0.5) is 0 Å².